The van der Waals surface area contributed by atoms with E-state index in [9.17, 15) is 9.90 Å². The molecule has 4 bridgehead atoms. The van der Waals surface area contributed by atoms with Crippen molar-refractivity contribution in [2.75, 3.05) is 13.2 Å². The number of fused-ring (bicyclic) bond motifs is 3. The number of carboxylic acid groups (broad SMARTS) is 1. The van der Waals surface area contributed by atoms with Crippen LogP contribution in [0.4, 0.5) is 0 Å². The SMILES string of the molecule is O=C(O)C1=CC2CN1/C=C\N=C/OC/C=C\C=C/c1ccc3ccnc(c3c1)O2. The minimum Gasteiger partial charge on any atom is -0.479 e. The van der Waals surface area contributed by atoms with E-state index in [2.05, 4.69) is 9.98 Å². The molecule has 1 aromatic carbocycles. The number of aliphatic imine (C=N–C) groups is 1. The molecular formula is C22H19N3O4. The molecule has 2 aromatic rings. The van der Waals surface area contributed by atoms with Gasteiger partial charge in [0.25, 0.3) is 0 Å². The highest BCUT2D eigenvalue weighted by Gasteiger charge is 2.28. The summed E-state index contributed by atoms with van der Waals surface area (Å²) in [6.45, 7) is 0.724. The molecule has 1 aromatic heterocycles. The fourth-order valence-electron chi connectivity index (χ4n) is 3.12. The zero-order valence-electron chi connectivity index (χ0n) is 15.5. The summed E-state index contributed by atoms with van der Waals surface area (Å²) in [6.07, 6.45) is 14.9. The van der Waals surface area contributed by atoms with Gasteiger partial charge >= 0.3 is 5.97 Å². The predicted octanol–water partition coefficient (Wildman–Crippen LogP) is 3.37. The zero-order valence-corrected chi connectivity index (χ0v) is 15.5. The van der Waals surface area contributed by atoms with Crippen molar-refractivity contribution in [3.05, 3.63) is 78.4 Å². The number of hydrogen-bond donors (Lipinski definition) is 1. The second kappa shape index (κ2) is 8.43. The Morgan fingerprint density at radius 1 is 1.24 bits per heavy atom. The molecule has 146 valence electrons. The summed E-state index contributed by atoms with van der Waals surface area (Å²) in [5.41, 5.74) is 1.13. The van der Waals surface area contributed by atoms with E-state index < -0.39 is 12.1 Å². The molecule has 0 aliphatic carbocycles. The molecule has 0 radical (unpaired) electrons. The Balaban J connectivity index is 1.73. The maximum Gasteiger partial charge on any atom is 0.352 e. The fourth-order valence-corrected chi connectivity index (χ4v) is 3.12. The normalized spacial score (nSPS) is 23.2. The van der Waals surface area contributed by atoms with Crippen LogP contribution in [0.2, 0.25) is 0 Å². The standard InChI is InChI=1S/C22H19N3O4/c26-22(27)20-13-18-14-25(20)10-9-23-15-28-11-3-1-2-4-16-5-6-17-7-8-24-21(29-18)19(17)12-16/h1-10,12-13,15,18H,11,14H2,(H,26,27)/b3-1-,4-2-,10-9-,23-15-. The second-order valence-electron chi connectivity index (χ2n) is 6.44. The first kappa shape index (κ1) is 18.5. The van der Waals surface area contributed by atoms with Crippen LogP contribution in [0.3, 0.4) is 0 Å². The maximum absolute atomic E-state index is 11.6. The van der Waals surface area contributed by atoms with E-state index in [1.807, 2.05) is 48.6 Å². The molecule has 7 nitrogen and oxygen atoms in total. The lowest BCUT2D eigenvalue weighted by Crippen LogP contribution is -2.24. The summed E-state index contributed by atoms with van der Waals surface area (Å²) in [5, 5.41) is 11.4. The molecule has 0 spiro atoms. The Morgan fingerprint density at radius 2 is 2.17 bits per heavy atom. The third-order valence-corrected chi connectivity index (χ3v) is 4.46. The van der Waals surface area contributed by atoms with Crippen molar-refractivity contribution in [1.29, 1.82) is 0 Å². The first-order valence-electron chi connectivity index (χ1n) is 9.11. The first-order chi connectivity index (χ1) is 14.2. The van der Waals surface area contributed by atoms with Gasteiger partial charge in [0.1, 0.15) is 18.4 Å². The largest absolute Gasteiger partial charge is 0.479 e. The molecule has 29 heavy (non-hydrogen) atoms. The quantitative estimate of drug-likeness (QED) is 0.805. The number of pyridine rings is 1. The predicted molar refractivity (Wildman–Crippen MR) is 110 cm³/mol. The van der Waals surface area contributed by atoms with Gasteiger partial charge in [-0.15, -0.1) is 0 Å². The van der Waals surface area contributed by atoms with Gasteiger partial charge in [-0.25, -0.2) is 14.8 Å². The topological polar surface area (TPSA) is 84.2 Å². The molecule has 1 N–H and O–H groups in total. The van der Waals surface area contributed by atoms with Gasteiger partial charge in [0.05, 0.1) is 6.54 Å². The van der Waals surface area contributed by atoms with Crippen LogP contribution >= 0.6 is 0 Å². The van der Waals surface area contributed by atoms with Gasteiger partial charge in [0.2, 0.25) is 5.88 Å². The molecule has 4 rings (SSSR count). The van der Waals surface area contributed by atoms with Gasteiger partial charge in [0.15, 0.2) is 6.40 Å². The van der Waals surface area contributed by atoms with Gasteiger partial charge in [0, 0.05) is 24.0 Å². The van der Waals surface area contributed by atoms with Gasteiger partial charge in [-0.3, -0.25) is 0 Å². The van der Waals surface area contributed by atoms with Crippen molar-refractivity contribution in [2.24, 2.45) is 4.99 Å². The molecule has 0 amide bonds. The van der Waals surface area contributed by atoms with E-state index in [-0.39, 0.29) is 5.70 Å². The van der Waals surface area contributed by atoms with Crippen LogP contribution < -0.4 is 4.74 Å². The number of allylic oxidation sites excluding steroid dienone is 2. The Bertz CT molecular complexity index is 1070. The summed E-state index contributed by atoms with van der Waals surface area (Å²) >= 11 is 0. The lowest BCUT2D eigenvalue weighted by molar-refractivity contribution is -0.133. The Kier molecular flexibility index (Phi) is 5.38. The molecule has 0 saturated carbocycles. The minimum absolute atomic E-state index is 0.132. The number of carbonyl (C=O) groups is 1. The summed E-state index contributed by atoms with van der Waals surface area (Å²) in [4.78, 5) is 21.5. The third kappa shape index (κ3) is 4.35. The van der Waals surface area contributed by atoms with Crippen molar-refractivity contribution >= 4 is 29.2 Å². The highest BCUT2D eigenvalue weighted by atomic mass is 16.5. The van der Waals surface area contributed by atoms with Crippen molar-refractivity contribution in [3.8, 4) is 5.88 Å². The van der Waals surface area contributed by atoms with Crippen LogP contribution in [-0.2, 0) is 9.53 Å². The van der Waals surface area contributed by atoms with Gasteiger partial charge in [-0.1, -0.05) is 30.4 Å². The Labute approximate surface area is 167 Å². The molecule has 2 aliphatic heterocycles. The van der Waals surface area contributed by atoms with E-state index >= 15 is 0 Å². The number of carboxylic acids is 1. The second-order valence-corrected chi connectivity index (χ2v) is 6.44. The minimum atomic E-state index is -1.03. The smallest absolute Gasteiger partial charge is 0.352 e. The fraction of sp³-hybridized carbons (Fsp3) is 0.136. The van der Waals surface area contributed by atoms with Crippen molar-refractivity contribution in [3.63, 3.8) is 0 Å². The zero-order chi connectivity index (χ0) is 20.1. The van der Waals surface area contributed by atoms with E-state index in [1.165, 1.54) is 12.6 Å². The average Bonchev–Trinajstić information content (AvgIpc) is 3.12. The van der Waals surface area contributed by atoms with Crippen LogP contribution in [-0.4, -0.2) is 46.6 Å². The first-order valence-corrected chi connectivity index (χ1v) is 9.11. The molecule has 1 unspecified atom stereocenters. The molecular weight excluding hydrogens is 370 g/mol. The molecule has 3 heterocycles. The van der Waals surface area contributed by atoms with E-state index in [0.717, 1.165) is 16.3 Å². The lowest BCUT2D eigenvalue weighted by atomic mass is 10.1. The summed E-state index contributed by atoms with van der Waals surface area (Å²) < 4.78 is 11.3. The Hall–Kier alpha value is -3.87. The average molecular weight is 389 g/mol. The van der Waals surface area contributed by atoms with Crippen LogP contribution in [0.25, 0.3) is 16.8 Å². The lowest BCUT2D eigenvalue weighted by Gasteiger charge is -2.17. The highest BCUT2D eigenvalue weighted by Crippen LogP contribution is 2.28. The highest BCUT2D eigenvalue weighted by molar-refractivity contribution is 5.89. The van der Waals surface area contributed by atoms with Crippen LogP contribution in [0.5, 0.6) is 5.88 Å². The third-order valence-electron chi connectivity index (χ3n) is 4.46. The van der Waals surface area contributed by atoms with Gasteiger partial charge in [-0.05, 0) is 35.2 Å². The number of hydrogen-bond acceptors (Lipinski definition) is 6. The van der Waals surface area contributed by atoms with Crippen LogP contribution in [0.15, 0.2) is 77.9 Å². The number of aliphatic carboxylic acids is 1. The number of rotatable bonds is 1. The van der Waals surface area contributed by atoms with E-state index in [1.54, 1.807) is 23.4 Å². The summed E-state index contributed by atoms with van der Waals surface area (Å²) in [7, 11) is 0. The summed E-state index contributed by atoms with van der Waals surface area (Å²) in [5.74, 6) is -0.562. The van der Waals surface area contributed by atoms with Gasteiger partial charge < -0.3 is 19.5 Å². The van der Waals surface area contributed by atoms with Gasteiger partial charge in [-0.2, -0.15) is 0 Å². The monoisotopic (exact) mass is 389 g/mol. The van der Waals surface area contributed by atoms with Crippen LogP contribution in [0.1, 0.15) is 5.56 Å². The maximum atomic E-state index is 11.6. The van der Waals surface area contributed by atoms with E-state index in [0.29, 0.717) is 19.0 Å². The molecule has 0 saturated heterocycles. The number of ether oxygens (including phenoxy) is 2. The van der Waals surface area contributed by atoms with Crippen molar-refractivity contribution in [1.82, 2.24) is 9.88 Å². The molecule has 2 aliphatic rings. The number of benzene rings is 1. The Morgan fingerprint density at radius 3 is 3.07 bits per heavy atom. The molecule has 7 heteroatoms. The molecule has 0 fully saturated rings. The number of nitrogens with zero attached hydrogens (tertiary/aromatic N) is 3. The van der Waals surface area contributed by atoms with Crippen molar-refractivity contribution in [2.45, 2.75) is 6.10 Å². The molecule has 1 atom stereocenters. The summed E-state index contributed by atoms with van der Waals surface area (Å²) in [6, 6.07) is 7.94. The van der Waals surface area contributed by atoms with E-state index in [4.69, 9.17) is 9.47 Å². The van der Waals surface area contributed by atoms with Crippen LogP contribution in [0, 0.1) is 0 Å². The van der Waals surface area contributed by atoms with Crippen molar-refractivity contribution < 1.29 is 19.4 Å². The number of aromatic nitrogens is 1.